The first-order chi connectivity index (χ1) is 12.2. The van der Waals surface area contributed by atoms with Crippen molar-refractivity contribution in [3.63, 3.8) is 0 Å². The lowest BCUT2D eigenvalue weighted by molar-refractivity contribution is -0.144. The van der Waals surface area contributed by atoms with Gasteiger partial charge < -0.3 is 14.9 Å². The average Bonchev–Trinajstić information content (AvgIpc) is 2.66. The molecule has 2 fully saturated rings. The summed E-state index contributed by atoms with van der Waals surface area (Å²) in [6.45, 7) is 2.22. The normalized spacial score (nSPS) is 23.5. The molecule has 0 bridgehead atoms. The minimum Gasteiger partial charge on any atom is -0.396 e. The van der Waals surface area contributed by atoms with Crippen molar-refractivity contribution in [1.29, 1.82) is 0 Å². The van der Waals surface area contributed by atoms with Gasteiger partial charge in [-0.15, -0.1) is 0 Å². The molecule has 2 saturated heterocycles. The number of pyridine rings is 1. The minimum atomic E-state index is 0.112. The first kappa shape index (κ1) is 17.9. The van der Waals surface area contributed by atoms with E-state index in [0.717, 1.165) is 37.9 Å². The number of rotatable bonds is 6. The van der Waals surface area contributed by atoms with Gasteiger partial charge in [0.05, 0.1) is 0 Å². The topological polar surface area (TPSA) is 73.7 Å². The van der Waals surface area contributed by atoms with Crippen LogP contribution in [0.5, 0.6) is 0 Å². The van der Waals surface area contributed by atoms with Crippen LogP contribution in [0.3, 0.4) is 0 Å². The summed E-state index contributed by atoms with van der Waals surface area (Å²) in [5, 5.41) is 9.05. The number of hydrogen-bond donors (Lipinski definition) is 1. The van der Waals surface area contributed by atoms with Crippen molar-refractivity contribution < 1.29 is 14.7 Å². The van der Waals surface area contributed by atoms with E-state index in [1.54, 1.807) is 12.4 Å². The van der Waals surface area contributed by atoms with Gasteiger partial charge in [0.1, 0.15) is 0 Å². The maximum atomic E-state index is 12.6. The highest BCUT2D eigenvalue weighted by atomic mass is 16.3. The zero-order valence-electron chi connectivity index (χ0n) is 14.6. The molecule has 0 unspecified atom stereocenters. The van der Waals surface area contributed by atoms with Gasteiger partial charge in [-0.3, -0.25) is 14.6 Å². The van der Waals surface area contributed by atoms with E-state index < -0.39 is 0 Å². The van der Waals surface area contributed by atoms with Crippen LogP contribution in [0, 0.1) is 5.92 Å². The molecule has 0 radical (unpaired) electrons. The Bertz CT molecular complexity index is 593. The molecule has 1 aromatic rings. The predicted molar refractivity (Wildman–Crippen MR) is 93.7 cm³/mol. The Morgan fingerprint density at radius 3 is 2.84 bits per heavy atom. The number of hydrogen-bond acceptors (Lipinski definition) is 4. The standard InChI is InChI=1S/C19H27N3O3/c23-13-1-11-22-17-8-12-21(14-16(17)3-5-19(22)25)18(24)4-2-15-6-9-20-10-7-15/h6-7,9-10,16-17,23H,1-5,8,11-14H2/t16-,17+/m0/s1. The summed E-state index contributed by atoms with van der Waals surface area (Å²) < 4.78 is 0. The van der Waals surface area contributed by atoms with Crippen molar-refractivity contribution >= 4 is 11.8 Å². The number of fused-ring (bicyclic) bond motifs is 1. The van der Waals surface area contributed by atoms with E-state index in [0.29, 0.717) is 31.7 Å². The molecule has 0 saturated carbocycles. The van der Waals surface area contributed by atoms with E-state index in [9.17, 15) is 9.59 Å². The van der Waals surface area contributed by atoms with Gasteiger partial charge in [0.15, 0.2) is 0 Å². The zero-order valence-corrected chi connectivity index (χ0v) is 14.6. The third kappa shape index (κ3) is 4.37. The molecule has 2 aliphatic heterocycles. The van der Waals surface area contributed by atoms with Crippen LogP contribution in [-0.4, -0.2) is 64.0 Å². The molecule has 1 N–H and O–H groups in total. The van der Waals surface area contributed by atoms with E-state index in [1.807, 2.05) is 21.9 Å². The Morgan fingerprint density at radius 1 is 1.28 bits per heavy atom. The average molecular weight is 345 g/mol. The van der Waals surface area contributed by atoms with Gasteiger partial charge in [0.2, 0.25) is 11.8 Å². The maximum Gasteiger partial charge on any atom is 0.222 e. The van der Waals surface area contributed by atoms with Crippen LogP contribution in [0.15, 0.2) is 24.5 Å². The summed E-state index contributed by atoms with van der Waals surface area (Å²) in [4.78, 5) is 32.7. The first-order valence-corrected chi connectivity index (χ1v) is 9.26. The van der Waals surface area contributed by atoms with Crippen LogP contribution in [0.4, 0.5) is 0 Å². The van der Waals surface area contributed by atoms with Crippen LogP contribution in [0.2, 0.25) is 0 Å². The number of aromatic nitrogens is 1. The molecule has 3 rings (SSSR count). The Kier molecular flexibility index (Phi) is 6.02. The van der Waals surface area contributed by atoms with Gasteiger partial charge in [-0.05, 0) is 49.3 Å². The van der Waals surface area contributed by atoms with Gasteiger partial charge in [0.25, 0.3) is 0 Å². The molecule has 3 heterocycles. The number of aliphatic hydroxyl groups is 1. The Morgan fingerprint density at radius 2 is 2.08 bits per heavy atom. The van der Waals surface area contributed by atoms with Crippen molar-refractivity contribution in [1.82, 2.24) is 14.8 Å². The van der Waals surface area contributed by atoms with Crippen LogP contribution >= 0.6 is 0 Å². The summed E-state index contributed by atoms with van der Waals surface area (Å²) in [5.74, 6) is 0.774. The van der Waals surface area contributed by atoms with Crippen molar-refractivity contribution in [3.8, 4) is 0 Å². The number of piperidine rings is 2. The van der Waals surface area contributed by atoms with Crippen LogP contribution in [0.1, 0.15) is 37.7 Å². The summed E-state index contributed by atoms with van der Waals surface area (Å²) in [6.07, 6.45) is 7.68. The van der Waals surface area contributed by atoms with E-state index >= 15 is 0 Å². The molecule has 2 atom stereocenters. The van der Waals surface area contributed by atoms with Gasteiger partial charge in [-0.2, -0.15) is 0 Å². The first-order valence-electron chi connectivity index (χ1n) is 9.26. The summed E-state index contributed by atoms with van der Waals surface area (Å²) in [7, 11) is 0. The molecular formula is C19H27N3O3. The van der Waals surface area contributed by atoms with Gasteiger partial charge in [-0.25, -0.2) is 0 Å². The lowest BCUT2D eigenvalue weighted by Gasteiger charge is -2.47. The van der Waals surface area contributed by atoms with Gasteiger partial charge >= 0.3 is 0 Å². The minimum absolute atomic E-state index is 0.112. The van der Waals surface area contributed by atoms with Crippen molar-refractivity contribution in [2.45, 2.75) is 44.6 Å². The monoisotopic (exact) mass is 345 g/mol. The van der Waals surface area contributed by atoms with Crippen LogP contribution < -0.4 is 0 Å². The van der Waals surface area contributed by atoms with Crippen molar-refractivity contribution in [2.75, 3.05) is 26.2 Å². The van der Waals surface area contributed by atoms with E-state index in [1.165, 1.54) is 0 Å². The third-order valence-corrected chi connectivity index (χ3v) is 5.43. The van der Waals surface area contributed by atoms with E-state index in [4.69, 9.17) is 5.11 Å². The van der Waals surface area contributed by atoms with Gasteiger partial charge in [0, 0.05) is 57.5 Å². The molecule has 6 heteroatoms. The largest absolute Gasteiger partial charge is 0.396 e. The molecule has 25 heavy (non-hydrogen) atoms. The number of aryl methyl sites for hydroxylation is 1. The molecule has 0 aromatic carbocycles. The lowest BCUT2D eigenvalue weighted by Crippen LogP contribution is -2.57. The summed E-state index contributed by atoms with van der Waals surface area (Å²) in [6, 6.07) is 4.13. The highest BCUT2D eigenvalue weighted by molar-refractivity contribution is 5.78. The Balaban J connectivity index is 1.53. The van der Waals surface area contributed by atoms with Crippen LogP contribution in [0.25, 0.3) is 0 Å². The van der Waals surface area contributed by atoms with E-state index in [-0.39, 0.29) is 24.5 Å². The third-order valence-electron chi connectivity index (χ3n) is 5.43. The fourth-order valence-electron chi connectivity index (χ4n) is 4.07. The molecule has 2 aliphatic rings. The lowest BCUT2D eigenvalue weighted by atomic mass is 9.83. The second-order valence-corrected chi connectivity index (χ2v) is 7.01. The molecular weight excluding hydrogens is 318 g/mol. The molecule has 1 aromatic heterocycles. The Labute approximate surface area is 148 Å². The number of amides is 2. The predicted octanol–water partition coefficient (Wildman–Crippen LogP) is 1.24. The highest BCUT2D eigenvalue weighted by Crippen LogP contribution is 2.31. The quantitative estimate of drug-likeness (QED) is 0.842. The molecule has 0 aliphatic carbocycles. The number of aliphatic hydroxyl groups excluding tert-OH is 1. The Hall–Kier alpha value is -1.95. The summed E-state index contributed by atoms with van der Waals surface area (Å²) in [5.41, 5.74) is 1.14. The number of carbonyl (C=O) groups excluding carboxylic acids is 2. The zero-order chi connectivity index (χ0) is 17.6. The van der Waals surface area contributed by atoms with Crippen molar-refractivity contribution in [3.05, 3.63) is 30.1 Å². The number of likely N-dealkylation sites (tertiary alicyclic amines) is 2. The fraction of sp³-hybridized carbons (Fsp3) is 0.632. The second-order valence-electron chi connectivity index (χ2n) is 7.01. The highest BCUT2D eigenvalue weighted by Gasteiger charge is 2.39. The van der Waals surface area contributed by atoms with Crippen molar-refractivity contribution in [2.24, 2.45) is 5.92 Å². The fourth-order valence-corrected chi connectivity index (χ4v) is 4.07. The van der Waals surface area contributed by atoms with Crippen LogP contribution in [-0.2, 0) is 16.0 Å². The molecule has 2 amide bonds. The van der Waals surface area contributed by atoms with E-state index in [2.05, 4.69) is 4.98 Å². The number of nitrogens with zero attached hydrogens (tertiary/aromatic N) is 3. The molecule has 136 valence electrons. The molecule has 0 spiro atoms. The summed E-state index contributed by atoms with van der Waals surface area (Å²) >= 11 is 0. The molecule has 6 nitrogen and oxygen atoms in total. The SMILES string of the molecule is O=C(CCc1ccncc1)N1CC[C@@H]2[C@@H](CCC(=O)N2CCCO)C1. The smallest absolute Gasteiger partial charge is 0.222 e. The second kappa shape index (κ2) is 8.43. The van der Waals surface area contributed by atoms with Gasteiger partial charge in [-0.1, -0.05) is 0 Å². The number of carbonyl (C=O) groups is 2. The maximum absolute atomic E-state index is 12.6.